The third kappa shape index (κ3) is 4.44. The van der Waals surface area contributed by atoms with E-state index < -0.39 is 23.6 Å². The van der Waals surface area contributed by atoms with Gasteiger partial charge in [0.2, 0.25) is 0 Å². The Morgan fingerprint density at radius 2 is 1.83 bits per heavy atom. The largest absolute Gasteiger partial charge is 0.505 e. The minimum atomic E-state index is -0.841. The summed E-state index contributed by atoms with van der Waals surface area (Å²) in [4.78, 5) is 23.5. The molecule has 0 bridgehead atoms. The summed E-state index contributed by atoms with van der Waals surface area (Å²) < 4.78 is 18.1. The lowest BCUT2D eigenvalue weighted by Gasteiger charge is -2.09. The molecule has 0 fully saturated rings. The van der Waals surface area contributed by atoms with Gasteiger partial charge in [0.1, 0.15) is 0 Å². The van der Waals surface area contributed by atoms with Crippen molar-refractivity contribution in [2.45, 2.75) is 6.92 Å². The predicted octanol–water partition coefficient (Wildman–Crippen LogP) is 3.35. The quantitative estimate of drug-likeness (QED) is 0.596. The summed E-state index contributed by atoms with van der Waals surface area (Å²) in [5, 5.41) is 14.0. The van der Waals surface area contributed by atoms with Crippen LogP contribution >= 0.6 is 0 Å². The van der Waals surface area contributed by atoms with E-state index in [4.69, 9.17) is 9.84 Å². The summed E-state index contributed by atoms with van der Waals surface area (Å²) in [5.41, 5.74) is 0.868. The van der Waals surface area contributed by atoms with Crippen molar-refractivity contribution in [1.82, 2.24) is 0 Å². The van der Waals surface area contributed by atoms with E-state index >= 15 is 0 Å². The first kappa shape index (κ1) is 16.3. The smallest absolute Gasteiger partial charge is 0.338 e. The molecule has 0 spiro atoms. The molecule has 7 heteroatoms. The zero-order chi connectivity index (χ0) is 16.8. The minimum Gasteiger partial charge on any atom is -0.505 e. The Morgan fingerprint density at radius 1 is 1.13 bits per heavy atom. The summed E-state index contributed by atoms with van der Waals surface area (Å²) in [7, 11) is 0. The van der Waals surface area contributed by atoms with Crippen molar-refractivity contribution in [3.05, 3.63) is 53.8 Å². The Bertz CT molecular complexity index is 734. The fourth-order valence-electron chi connectivity index (χ4n) is 1.82. The van der Waals surface area contributed by atoms with E-state index in [1.165, 1.54) is 12.1 Å². The van der Waals surface area contributed by atoms with Crippen LogP contribution in [0, 0.1) is 5.82 Å². The highest BCUT2D eigenvalue weighted by molar-refractivity contribution is 6.00. The Balaban J connectivity index is 2.03. The third-order valence-electron chi connectivity index (χ3n) is 2.84. The molecule has 23 heavy (non-hydrogen) atoms. The number of rotatable bonds is 4. The molecule has 120 valence electrons. The summed E-state index contributed by atoms with van der Waals surface area (Å²) in [5.74, 6) is -1.83. The zero-order valence-electron chi connectivity index (χ0n) is 12.3. The number of anilines is 2. The lowest BCUT2D eigenvalue weighted by atomic mass is 10.2. The Morgan fingerprint density at radius 3 is 2.48 bits per heavy atom. The van der Waals surface area contributed by atoms with Gasteiger partial charge in [-0.15, -0.1) is 0 Å². The first-order valence-electron chi connectivity index (χ1n) is 6.83. The van der Waals surface area contributed by atoms with Crippen LogP contribution in [0.3, 0.4) is 0 Å². The Kier molecular flexibility index (Phi) is 5.14. The third-order valence-corrected chi connectivity index (χ3v) is 2.84. The molecule has 2 amide bonds. The van der Waals surface area contributed by atoms with Crippen LogP contribution in [0.25, 0.3) is 0 Å². The number of ether oxygens (including phenoxy) is 1. The number of benzene rings is 2. The lowest BCUT2D eigenvalue weighted by molar-refractivity contribution is 0.0526. The van der Waals surface area contributed by atoms with Crippen LogP contribution in [0.15, 0.2) is 42.5 Å². The predicted molar refractivity (Wildman–Crippen MR) is 83.1 cm³/mol. The lowest BCUT2D eigenvalue weighted by Crippen LogP contribution is -2.19. The molecule has 0 aromatic heterocycles. The Labute approximate surface area is 131 Å². The number of carbonyl (C=O) groups is 2. The molecule has 0 aliphatic carbocycles. The molecule has 0 unspecified atom stereocenters. The van der Waals surface area contributed by atoms with E-state index in [0.29, 0.717) is 11.3 Å². The van der Waals surface area contributed by atoms with E-state index in [-0.39, 0.29) is 12.3 Å². The normalized spacial score (nSPS) is 10.0. The van der Waals surface area contributed by atoms with Gasteiger partial charge in [0, 0.05) is 17.4 Å². The molecule has 3 N–H and O–H groups in total. The molecule has 6 nitrogen and oxygen atoms in total. The molecule has 0 aliphatic rings. The summed E-state index contributed by atoms with van der Waals surface area (Å²) in [6.45, 7) is 1.95. The second-order valence-corrected chi connectivity index (χ2v) is 4.55. The highest BCUT2D eigenvalue weighted by Gasteiger charge is 2.09. The molecule has 0 aliphatic heterocycles. The number of halogens is 1. The van der Waals surface area contributed by atoms with Crippen molar-refractivity contribution < 1.29 is 23.8 Å². The second kappa shape index (κ2) is 7.26. The fraction of sp³-hybridized carbons (Fsp3) is 0.125. The first-order valence-corrected chi connectivity index (χ1v) is 6.83. The number of nitrogens with one attached hydrogen (secondary N) is 2. The number of hydrogen-bond donors (Lipinski definition) is 3. The van der Waals surface area contributed by atoms with Crippen LogP contribution in [-0.4, -0.2) is 23.7 Å². The van der Waals surface area contributed by atoms with E-state index in [1.807, 2.05) is 0 Å². The maximum Gasteiger partial charge on any atom is 0.338 e. The molecule has 2 aromatic rings. The van der Waals surface area contributed by atoms with Crippen molar-refractivity contribution in [3.63, 3.8) is 0 Å². The molecular formula is C16H15FN2O4. The molecule has 0 saturated heterocycles. The van der Waals surface area contributed by atoms with Crippen LogP contribution in [0.1, 0.15) is 17.3 Å². The van der Waals surface area contributed by atoms with Crippen molar-refractivity contribution in [2.24, 2.45) is 0 Å². The SMILES string of the molecule is CCOC(=O)c1cccc(NC(=O)Nc2ccc(O)c(F)c2)c1. The average Bonchev–Trinajstić information content (AvgIpc) is 2.51. The van der Waals surface area contributed by atoms with E-state index in [9.17, 15) is 14.0 Å². The fourth-order valence-corrected chi connectivity index (χ4v) is 1.82. The molecule has 2 aromatic carbocycles. The van der Waals surface area contributed by atoms with Crippen LogP contribution in [0.2, 0.25) is 0 Å². The van der Waals surface area contributed by atoms with E-state index in [1.54, 1.807) is 25.1 Å². The number of carbonyl (C=O) groups excluding carboxylic acids is 2. The molecule has 0 atom stereocenters. The second-order valence-electron chi connectivity index (χ2n) is 4.55. The number of phenolic OH excluding ortho intramolecular Hbond substituents is 1. The number of hydrogen-bond acceptors (Lipinski definition) is 4. The van der Waals surface area contributed by atoms with Crippen molar-refractivity contribution >= 4 is 23.4 Å². The average molecular weight is 318 g/mol. The van der Waals surface area contributed by atoms with E-state index in [2.05, 4.69) is 10.6 Å². The first-order chi connectivity index (χ1) is 11.0. The maximum absolute atomic E-state index is 13.2. The van der Waals surface area contributed by atoms with Crippen LogP contribution in [0.5, 0.6) is 5.75 Å². The van der Waals surface area contributed by atoms with Gasteiger partial charge >= 0.3 is 12.0 Å². The monoisotopic (exact) mass is 318 g/mol. The highest BCUT2D eigenvalue weighted by atomic mass is 19.1. The minimum absolute atomic E-state index is 0.180. The number of phenols is 1. The number of amides is 2. The van der Waals surface area contributed by atoms with Crippen molar-refractivity contribution in [3.8, 4) is 5.75 Å². The molecule has 0 radical (unpaired) electrons. The summed E-state index contributed by atoms with van der Waals surface area (Å²) >= 11 is 0. The van der Waals surface area contributed by atoms with Crippen molar-refractivity contribution in [1.29, 1.82) is 0 Å². The van der Waals surface area contributed by atoms with Gasteiger partial charge in [-0.3, -0.25) is 0 Å². The van der Waals surface area contributed by atoms with Crippen LogP contribution in [0.4, 0.5) is 20.6 Å². The molecular weight excluding hydrogens is 303 g/mol. The zero-order valence-corrected chi connectivity index (χ0v) is 12.3. The van der Waals surface area contributed by atoms with Gasteiger partial charge in [-0.2, -0.15) is 0 Å². The van der Waals surface area contributed by atoms with Gasteiger partial charge in [-0.25, -0.2) is 14.0 Å². The molecule has 2 rings (SSSR count). The highest BCUT2D eigenvalue weighted by Crippen LogP contribution is 2.19. The molecule has 0 saturated carbocycles. The van der Waals surface area contributed by atoms with Gasteiger partial charge in [-0.05, 0) is 37.3 Å². The van der Waals surface area contributed by atoms with Crippen molar-refractivity contribution in [2.75, 3.05) is 17.2 Å². The topological polar surface area (TPSA) is 87.7 Å². The molecule has 0 heterocycles. The standard InChI is InChI=1S/C16H15FN2O4/c1-2-23-15(21)10-4-3-5-11(8-10)18-16(22)19-12-6-7-14(20)13(17)9-12/h3-9,20H,2H2,1H3,(H2,18,19,22). The van der Waals surface area contributed by atoms with Crippen LogP contribution in [-0.2, 0) is 4.74 Å². The summed E-state index contributed by atoms with van der Waals surface area (Å²) in [6, 6.07) is 9.09. The maximum atomic E-state index is 13.2. The number of urea groups is 1. The van der Waals surface area contributed by atoms with Gasteiger partial charge in [0.25, 0.3) is 0 Å². The Hall–Kier alpha value is -3.09. The van der Waals surface area contributed by atoms with Gasteiger partial charge in [0.05, 0.1) is 12.2 Å². The number of aromatic hydroxyl groups is 1. The van der Waals surface area contributed by atoms with E-state index in [0.717, 1.165) is 12.1 Å². The van der Waals surface area contributed by atoms with Gasteiger partial charge < -0.3 is 20.5 Å². The van der Waals surface area contributed by atoms with Gasteiger partial charge in [-0.1, -0.05) is 6.07 Å². The number of esters is 1. The summed E-state index contributed by atoms with van der Waals surface area (Å²) in [6.07, 6.45) is 0. The van der Waals surface area contributed by atoms with Crippen LogP contribution < -0.4 is 10.6 Å². The van der Waals surface area contributed by atoms with Gasteiger partial charge in [0.15, 0.2) is 11.6 Å².